The van der Waals surface area contributed by atoms with Crippen molar-refractivity contribution in [2.45, 2.75) is 39.8 Å². The van der Waals surface area contributed by atoms with Gasteiger partial charge in [0.05, 0.1) is 13.1 Å². The van der Waals surface area contributed by atoms with Crippen LogP contribution in [0.2, 0.25) is 0 Å². The predicted molar refractivity (Wildman–Crippen MR) is 142 cm³/mol. The fourth-order valence-electron chi connectivity index (χ4n) is 3.77. The topological polar surface area (TPSA) is 110 Å². The van der Waals surface area contributed by atoms with Gasteiger partial charge in [0.15, 0.2) is 11.6 Å². The molecule has 10 nitrogen and oxygen atoms in total. The van der Waals surface area contributed by atoms with Gasteiger partial charge in [0.2, 0.25) is 9.92 Å². The molecule has 0 bridgehead atoms. The summed E-state index contributed by atoms with van der Waals surface area (Å²) in [5, 5.41) is 35.4. The molecule has 0 aliphatic rings. The number of benzene rings is 2. The summed E-state index contributed by atoms with van der Waals surface area (Å²) in [6, 6.07) is 16.6. The minimum Gasteiger partial charge on any atom is -0.378 e. The van der Waals surface area contributed by atoms with Crippen LogP contribution in [0.15, 0.2) is 48.5 Å². The molecule has 0 fully saturated rings. The maximum absolute atomic E-state index is 4.71. The number of hydrogen-bond acceptors (Lipinski definition) is 10. The molecular formula is C24H24N10S2. The van der Waals surface area contributed by atoms with E-state index in [2.05, 4.69) is 93.4 Å². The third-order valence-corrected chi connectivity index (χ3v) is 7.55. The maximum atomic E-state index is 4.71. The molecule has 4 aromatic heterocycles. The molecule has 2 N–H and O–H groups in total. The van der Waals surface area contributed by atoms with E-state index in [-0.39, 0.29) is 0 Å². The van der Waals surface area contributed by atoms with Crippen LogP contribution in [-0.4, -0.2) is 39.6 Å². The van der Waals surface area contributed by atoms with Gasteiger partial charge in [-0.05, 0) is 38.1 Å². The van der Waals surface area contributed by atoms with E-state index in [1.54, 1.807) is 0 Å². The van der Waals surface area contributed by atoms with Crippen LogP contribution in [-0.2, 0) is 25.9 Å². The Morgan fingerprint density at radius 3 is 1.44 bits per heavy atom. The van der Waals surface area contributed by atoms with E-state index >= 15 is 0 Å². The minimum atomic E-state index is 0.638. The fourth-order valence-corrected chi connectivity index (χ4v) is 5.35. The van der Waals surface area contributed by atoms with E-state index in [4.69, 9.17) is 10.2 Å². The van der Waals surface area contributed by atoms with Gasteiger partial charge in [-0.25, -0.2) is 0 Å². The zero-order valence-corrected chi connectivity index (χ0v) is 21.5. The zero-order chi connectivity index (χ0) is 24.5. The Balaban J connectivity index is 1.10. The van der Waals surface area contributed by atoms with Crippen LogP contribution < -0.4 is 10.6 Å². The number of fused-ring (bicyclic) bond motifs is 2. The first-order valence-electron chi connectivity index (χ1n) is 11.6. The number of aromatic nitrogens is 8. The molecular weight excluding hydrogens is 492 g/mol. The average Bonchev–Trinajstić information content (AvgIpc) is 3.64. The number of hydrogen-bond donors (Lipinski definition) is 2. The monoisotopic (exact) mass is 516 g/mol. The highest BCUT2D eigenvalue weighted by Crippen LogP contribution is 2.19. The van der Waals surface area contributed by atoms with Crippen molar-refractivity contribution >= 4 is 44.0 Å². The molecule has 0 saturated carbocycles. The first-order valence-corrected chi connectivity index (χ1v) is 13.2. The van der Waals surface area contributed by atoms with Crippen LogP contribution in [0.25, 0.3) is 9.92 Å². The first-order chi connectivity index (χ1) is 17.6. The smallest absolute Gasteiger partial charge is 0.234 e. The standard InChI is InChI=1S/C24H24N10S2/c1-15-3-7-17(8-4-15)25-13-21-31-33-19(27-29-23(33)35-21)11-12-20-28-30-24-34(20)32-22(36-24)14-26-18-9-5-16(2)6-10-18/h3-10,25-26H,11-14H2,1-2H3. The van der Waals surface area contributed by atoms with E-state index in [1.807, 2.05) is 9.03 Å². The normalized spacial score (nSPS) is 11.5. The number of aryl methyl sites for hydroxylation is 4. The molecule has 2 aromatic carbocycles. The average molecular weight is 517 g/mol. The van der Waals surface area contributed by atoms with E-state index < -0.39 is 0 Å². The van der Waals surface area contributed by atoms with Crippen molar-refractivity contribution in [2.75, 3.05) is 10.6 Å². The number of nitrogens with zero attached hydrogens (tertiary/aromatic N) is 8. The van der Waals surface area contributed by atoms with E-state index in [9.17, 15) is 0 Å². The lowest BCUT2D eigenvalue weighted by atomic mass is 10.2. The summed E-state index contributed by atoms with van der Waals surface area (Å²) >= 11 is 3.08. The molecule has 0 aliphatic carbocycles. The second-order valence-corrected chi connectivity index (χ2v) is 10.6. The summed E-state index contributed by atoms with van der Waals surface area (Å²) in [5.41, 5.74) is 4.61. The number of anilines is 2. The molecule has 4 heterocycles. The Morgan fingerprint density at radius 1 is 0.611 bits per heavy atom. The summed E-state index contributed by atoms with van der Waals surface area (Å²) in [5.74, 6) is 1.60. The summed E-state index contributed by atoms with van der Waals surface area (Å²) in [7, 11) is 0. The molecule has 0 unspecified atom stereocenters. The molecule has 182 valence electrons. The minimum absolute atomic E-state index is 0.638. The molecule has 0 aliphatic heterocycles. The third-order valence-electron chi connectivity index (χ3n) is 5.76. The third kappa shape index (κ3) is 4.77. The first kappa shape index (κ1) is 22.6. The van der Waals surface area contributed by atoms with Crippen molar-refractivity contribution in [1.29, 1.82) is 0 Å². The summed E-state index contributed by atoms with van der Waals surface area (Å²) in [6.07, 6.45) is 1.29. The van der Waals surface area contributed by atoms with Gasteiger partial charge in [0.1, 0.15) is 10.0 Å². The van der Waals surface area contributed by atoms with Gasteiger partial charge in [0, 0.05) is 24.2 Å². The van der Waals surface area contributed by atoms with Gasteiger partial charge in [-0.15, -0.1) is 20.4 Å². The fraction of sp³-hybridized carbons (Fsp3) is 0.250. The van der Waals surface area contributed by atoms with Crippen LogP contribution in [0.1, 0.15) is 32.8 Å². The molecule has 36 heavy (non-hydrogen) atoms. The molecule has 0 radical (unpaired) electrons. The Bertz CT molecular complexity index is 1490. The summed E-state index contributed by atoms with van der Waals surface area (Å²) in [6.45, 7) is 5.44. The van der Waals surface area contributed by atoms with Crippen molar-refractivity contribution < 1.29 is 0 Å². The predicted octanol–water partition coefficient (Wildman–Crippen LogP) is 4.31. The van der Waals surface area contributed by atoms with Crippen molar-refractivity contribution in [3.8, 4) is 0 Å². The van der Waals surface area contributed by atoms with Crippen molar-refractivity contribution in [3.63, 3.8) is 0 Å². The maximum Gasteiger partial charge on any atom is 0.234 e. The molecule has 0 atom stereocenters. The second kappa shape index (κ2) is 9.63. The Kier molecular flexibility index (Phi) is 6.03. The van der Waals surface area contributed by atoms with Crippen molar-refractivity contribution in [1.82, 2.24) is 39.6 Å². The Labute approximate surface area is 215 Å². The summed E-state index contributed by atoms with van der Waals surface area (Å²) < 4.78 is 3.65. The highest BCUT2D eigenvalue weighted by molar-refractivity contribution is 7.17. The van der Waals surface area contributed by atoms with Gasteiger partial charge < -0.3 is 10.6 Å². The Morgan fingerprint density at radius 2 is 1.03 bits per heavy atom. The van der Waals surface area contributed by atoms with Crippen molar-refractivity contribution in [3.05, 3.63) is 81.3 Å². The lowest BCUT2D eigenvalue weighted by Gasteiger charge is -2.03. The van der Waals surface area contributed by atoms with Crippen LogP contribution in [0.3, 0.4) is 0 Å². The lowest BCUT2D eigenvalue weighted by Crippen LogP contribution is -2.05. The van der Waals surface area contributed by atoms with Gasteiger partial charge in [0.25, 0.3) is 0 Å². The van der Waals surface area contributed by atoms with Crippen LogP contribution in [0.4, 0.5) is 11.4 Å². The highest BCUT2D eigenvalue weighted by Gasteiger charge is 2.16. The van der Waals surface area contributed by atoms with Crippen LogP contribution in [0, 0.1) is 13.8 Å². The van der Waals surface area contributed by atoms with E-state index in [0.717, 1.165) is 43.0 Å². The number of nitrogens with one attached hydrogen (secondary N) is 2. The molecule has 6 aromatic rings. The van der Waals surface area contributed by atoms with Gasteiger partial charge in [-0.1, -0.05) is 58.1 Å². The largest absolute Gasteiger partial charge is 0.378 e. The Hall–Kier alpha value is -3.90. The van der Waals surface area contributed by atoms with Gasteiger partial charge >= 0.3 is 0 Å². The van der Waals surface area contributed by atoms with Gasteiger partial charge in [-0.2, -0.15) is 19.2 Å². The molecule has 0 saturated heterocycles. The molecule has 6 rings (SSSR count). The van der Waals surface area contributed by atoms with Crippen LogP contribution >= 0.6 is 22.7 Å². The summed E-state index contributed by atoms with van der Waals surface area (Å²) in [4.78, 5) is 1.57. The zero-order valence-electron chi connectivity index (χ0n) is 19.8. The molecule has 12 heteroatoms. The SMILES string of the molecule is Cc1ccc(NCc2nn3c(CCc4nnc5sc(CNc6ccc(C)cc6)nn45)nnc3s2)cc1. The highest BCUT2D eigenvalue weighted by atomic mass is 32.1. The van der Waals surface area contributed by atoms with Crippen LogP contribution in [0.5, 0.6) is 0 Å². The lowest BCUT2D eigenvalue weighted by molar-refractivity contribution is 0.727. The van der Waals surface area contributed by atoms with E-state index in [1.165, 1.54) is 33.8 Å². The molecule has 0 spiro atoms. The van der Waals surface area contributed by atoms with Gasteiger partial charge in [-0.3, -0.25) is 0 Å². The number of rotatable bonds is 9. The van der Waals surface area contributed by atoms with Crippen molar-refractivity contribution in [2.24, 2.45) is 0 Å². The second-order valence-electron chi connectivity index (χ2n) is 8.55. The van der Waals surface area contributed by atoms with E-state index in [0.29, 0.717) is 25.9 Å². The molecule has 0 amide bonds. The quantitative estimate of drug-likeness (QED) is 0.293.